The van der Waals surface area contributed by atoms with Crippen molar-refractivity contribution in [2.75, 3.05) is 0 Å². The number of halogens is 1. The Bertz CT molecular complexity index is 948. The Morgan fingerprint density at radius 2 is 1.83 bits per heavy atom. The zero-order chi connectivity index (χ0) is 16.2. The number of fused-ring (bicyclic) bond motifs is 1. The van der Waals surface area contributed by atoms with Crippen molar-refractivity contribution in [1.29, 1.82) is 0 Å². The van der Waals surface area contributed by atoms with E-state index in [1.165, 1.54) is 6.21 Å². The molecular formula is C16H11BrN4O2. The van der Waals surface area contributed by atoms with Gasteiger partial charge in [-0.05, 0) is 23.8 Å². The van der Waals surface area contributed by atoms with Gasteiger partial charge in [-0.15, -0.1) is 0 Å². The zero-order valence-corrected chi connectivity index (χ0v) is 13.4. The first kappa shape index (κ1) is 15.1. The second kappa shape index (κ2) is 6.53. The molecule has 3 aromatic rings. The number of amides is 1. The van der Waals surface area contributed by atoms with Gasteiger partial charge in [0.1, 0.15) is 0 Å². The first-order valence-corrected chi connectivity index (χ1v) is 7.51. The second-order valence-electron chi connectivity index (χ2n) is 4.70. The molecule has 0 radical (unpaired) electrons. The molecule has 0 unspecified atom stereocenters. The number of aromatic amines is 1. The number of nitrogens with one attached hydrogen (secondary N) is 2. The lowest BCUT2D eigenvalue weighted by molar-refractivity contribution is 0.0951. The monoisotopic (exact) mass is 370 g/mol. The average Bonchev–Trinajstić information content (AvgIpc) is 2.57. The summed E-state index contributed by atoms with van der Waals surface area (Å²) < 4.78 is 0.961. The Hall–Kier alpha value is -2.80. The minimum absolute atomic E-state index is 0.119. The molecule has 0 bridgehead atoms. The van der Waals surface area contributed by atoms with Gasteiger partial charge >= 0.3 is 0 Å². The van der Waals surface area contributed by atoms with E-state index in [1.807, 2.05) is 24.3 Å². The van der Waals surface area contributed by atoms with Crippen molar-refractivity contribution >= 4 is 38.8 Å². The Morgan fingerprint density at radius 1 is 1.13 bits per heavy atom. The minimum Gasteiger partial charge on any atom is -0.267 e. The summed E-state index contributed by atoms with van der Waals surface area (Å²) in [7, 11) is 0. The fourth-order valence-electron chi connectivity index (χ4n) is 2.06. The summed E-state index contributed by atoms with van der Waals surface area (Å²) in [5, 5.41) is 10.9. The van der Waals surface area contributed by atoms with Crippen molar-refractivity contribution in [3.63, 3.8) is 0 Å². The Kier molecular flexibility index (Phi) is 4.29. The molecule has 7 heteroatoms. The topological polar surface area (TPSA) is 87.2 Å². The molecule has 0 aliphatic carbocycles. The summed E-state index contributed by atoms with van der Waals surface area (Å²) in [6.45, 7) is 0. The van der Waals surface area contributed by atoms with E-state index in [9.17, 15) is 9.59 Å². The van der Waals surface area contributed by atoms with E-state index in [0.29, 0.717) is 10.8 Å². The van der Waals surface area contributed by atoms with Crippen LogP contribution in [0.15, 0.2) is 62.9 Å². The van der Waals surface area contributed by atoms with E-state index in [2.05, 4.69) is 36.7 Å². The lowest BCUT2D eigenvalue weighted by Crippen LogP contribution is -2.22. The third-order valence-corrected chi connectivity index (χ3v) is 3.69. The van der Waals surface area contributed by atoms with E-state index in [-0.39, 0.29) is 11.3 Å². The normalized spacial score (nSPS) is 11.0. The Labute approximate surface area is 139 Å². The summed E-state index contributed by atoms with van der Waals surface area (Å²) in [5.41, 5.74) is 3.03. The Balaban J connectivity index is 1.83. The molecule has 1 amide bonds. The van der Waals surface area contributed by atoms with Crippen molar-refractivity contribution in [3.05, 3.63) is 74.6 Å². The first-order chi connectivity index (χ1) is 11.1. The van der Waals surface area contributed by atoms with Gasteiger partial charge in [-0.25, -0.2) is 10.5 Å². The molecule has 2 N–H and O–H groups in total. The van der Waals surface area contributed by atoms with Crippen molar-refractivity contribution in [2.45, 2.75) is 0 Å². The van der Waals surface area contributed by atoms with Crippen LogP contribution in [0.3, 0.4) is 0 Å². The number of H-pyrrole nitrogens is 1. The van der Waals surface area contributed by atoms with Crippen molar-refractivity contribution in [3.8, 4) is 0 Å². The van der Waals surface area contributed by atoms with Crippen LogP contribution >= 0.6 is 15.9 Å². The van der Waals surface area contributed by atoms with Crippen molar-refractivity contribution in [2.24, 2.45) is 5.10 Å². The average molecular weight is 371 g/mol. The molecule has 0 aliphatic rings. The summed E-state index contributed by atoms with van der Waals surface area (Å²) in [6, 6.07) is 14.2. The van der Waals surface area contributed by atoms with E-state index in [1.54, 1.807) is 24.3 Å². The van der Waals surface area contributed by atoms with Crippen LogP contribution in [-0.4, -0.2) is 22.3 Å². The number of aromatic nitrogens is 2. The second-order valence-corrected chi connectivity index (χ2v) is 5.61. The molecule has 0 fully saturated rings. The highest BCUT2D eigenvalue weighted by atomic mass is 79.9. The fourth-order valence-corrected chi connectivity index (χ4v) is 2.32. The van der Waals surface area contributed by atoms with Gasteiger partial charge in [-0.2, -0.15) is 10.2 Å². The molecule has 0 saturated heterocycles. The van der Waals surface area contributed by atoms with Gasteiger partial charge in [0.25, 0.3) is 11.5 Å². The lowest BCUT2D eigenvalue weighted by atomic mass is 10.1. The number of nitrogens with zero attached hydrogens (tertiary/aromatic N) is 2. The maximum absolute atomic E-state index is 12.2. The van der Waals surface area contributed by atoms with Gasteiger partial charge in [-0.1, -0.05) is 46.3 Å². The number of benzene rings is 2. The predicted octanol–water partition coefficient (Wildman–Crippen LogP) is 2.45. The molecule has 23 heavy (non-hydrogen) atoms. The standard InChI is InChI=1S/C16H11BrN4O2/c17-11-7-5-10(6-8-11)9-18-20-16(23)14-12-3-1-2-4-13(12)15(22)21-19-14/h1-9H,(H,20,23)(H,21,22)/b18-9-. The van der Waals surface area contributed by atoms with Gasteiger partial charge in [0, 0.05) is 9.86 Å². The lowest BCUT2D eigenvalue weighted by Gasteiger charge is -2.03. The number of hydrogen-bond donors (Lipinski definition) is 2. The zero-order valence-electron chi connectivity index (χ0n) is 11.8. The molecular weight excluding hydrogens is 360 g/mol. The predicted molar refractivity (Wildman–Crippen MR) is 91.6 cm³/mol. The molecule has 114 valence electrons. The number of carbonyl (C=O) groups is 1. The molecule has 0 atom stereocenters. The maximum Gasteiger partial charge on any atom is 0.292 e. The fraction of sp³-hybridized carbons (Fsp3) is 0. The van der Waals surface area contributed by atoms with Crippen LogP contribution in [0.25, 0.3) is 10.8 Å². The van der Waals surface area contributed by atoms with Gasteiger partial charge in [0.05, 0.1) is 11.6 Å². The van der Waals surface area contributed by atoms with E-state index < -0.39 is 5.91 Å². The smallest absolute Gasteiger partial charge is 0.267 e. The van der Waals surface area contributed by atoms with Crippen LogP contribution < -0.4 is 11.0 Å². The van der Waals surface area contributed by atoms with E-state index in [4.69, 9.17) is 0 Å². The third kappa shape index (κ3) is 3.35. The largest absolute Gasteiger partial charge is 0.292 e. The van der Waals surface area contributed by atoms with Crippen LogP contribution in [-0.2, 0) is 0 Å². The van der Waals surface area contributed by atoms with E-state index in [0.717, 1.165) is 10.0 Å². The minimum atomic E-state index is -0.495. The van der Waals surface area contributed by atoms with Crippen LogP contribution in [0.1, 0.15) is 16.1 Å². The van der Waals surface area contributed by atoms with Crippen LogP contribution in [0.4, 0.5) is 0 Å². The summed E-state index contributed by atoms with van der Waals surface area (Å²) >= 11 is 3.34. The van der Waals surface area contributed by atoms with Crippen molar-refractivity contribution < 1.29 is 4.79 Å². The van der Waals surface area contributed by atoms with Gasteiger partial charge in [0.15, 0.2) is 5.69 Å². The van der Waals surface area contributed by atoms with Crippen molar-refractivity contribution in [1.82, 2.24) is 15.6 Å². The number of carbonyl (C=O) groups excluding carboxylic acids is 1. The molecule has 3 rings (SSSR count). The SMILES string of the molecule is O=C(N/N=C\c1ccc(Br)cc1)c1n[nH]c(=O)c2ccccc12. The van der Waals surface area contributed by atoms with Crippen LogP contribution in [0, 0.1) is 0 Å². The molecule has 1 aromatic heterocycles. The third-order valence-electron chi connectivity index (χ3n) is 3.16. The summed E-state index contributed by atoms with van der Waals surface area (Å²) in [6.07, 6.45) is 1.53. The number of hydrazone groups is 1. The maximum atomic E-state index is 12.2. The molecule has 0 aliphatic heterocycles. The van der Waals surface area contributed by atoms with Gasteiger partial charge in [0.2, 0.25) is 0 Å². The molecule has 2 aromatic carbocycles. The van der Waals surface area contributed by atoms with Crippen LogP contribution in [0.2, 0.25) is 0 Å². The Morgan fingerprint density at radius 3 is 2.57 bits per heavy atom. The van der Waals surface area contributed by atoms with Gasteiger partial charge < -0.3 is 0 Å². The summed E-state index contributed by atoms with van der Waals surface area (Å²) in [4.78, 5) is 23.9. The number of rotatable bonds is 3. The van der Waals surface area contributed by atoms with Crippen LogP contribution in [0.5, 0.6) is 0 Å². The molecule has 0 spiro atoms. The first-order valence-electron chi connectivity index (χ1n) is 6.71. The highest BCUT2D eigenvalue weighted by molar-refractivity contribution is 9.10. The highest BCUT2D eigenvalue weighted by Crippen LogP contribution is 2.12. The van der Waals surface area contributed by atoms with E-state index >= 15 is 0 Å². The molecule has 1 heterocycles. The molecule has 0 saturated carbocycles. The quantitative estimate of drug-likeness (QED) is 0.548. The van der Waals surface area contributed by atoms with Gasteiger partial charge in [-0.3, -0.25) is 9.59 Å². The number of hydrogen-bond acceptors (Lipinski definition) is 4. The summed E-state index contributed by atoms with van der Waals surface area (Å²) in [5.74, 6) is -0.495. The highest BCUT2D eigenvalue weighted by Gasteiger charge is 2.12. The molecule has 6 nitrogen and oxygen atoms in total.